The van der Waals surface area contributed by atoms with Gasteiger partial charge in [-0.15, -0.1) is 0 Å². The second-order valence-corrected chi connectivity index (χ2v) is 6.49. The highest BCUT2D eigenvalue weighted by atomic mass is 19.3. The van der Waals surface area contributed by atoms with E-state index < -0.39 is 11.9 Å². The van der Waals surface area contributed by atoms with Gasteiger partial charge < -0.3 is 5.11 Å². The highest BCUT2D eigenvalue weighted by Crippen LogP contribution is 2.42. The summed E-state index contributed by atoms with van der Waals surface area (Å²) in [4.78, 5) is 17.1. The minimum atomic E-state index is -3.01. The van der Waals surface area contributed by atoms with Crippen LogP contribution < -0.4 is 0 Å². The van der Waals surface area contributed by atoms with E-state index in [1.165, 1.54) is 12.5 Å². The molecule has 0 amide bonds. The summed E-state index contributed by atoms with van der Waals surface area (Å²) in [6.07, 6.45) is 2.27. The first-order valence-electron chi connectivity index (χ1n) is 7.73. The number of piperidine rings is 1. The summed E-state index contributed by atoms with van der Waals surface area (Å²) in [6, 6.07) is 1.47. The molecule has 1 fully saturated rings. The van der Waals surface area contributed by atoms with E-state index in [-0.39, 0.29) is 24.2 Å². The molecule has 0 aromatic carbocycles. The van der Waals surface area contributed by atoms with Crippen LogP contribution in [0.15, 0.2) is 6.07 Å². The summed E-state index contributed by atoms with van der Waals surface area (Å²) in [5, 5.41) is 9.14. The Morgan fingerprint density at radius 3 is 3.00 bits per heavy atom. The van der Waals surface area contributed by atoms with Crippen LogP contribution in [-0.2, 0) is 18.9 Å². The molecule has 1 atom stereocenters. The third-order valence-corrected chi connectivity index (χ3v) is 4.61. The third-order valence-electron chi connectivity index (χ3n) is 4.61. The summed E-state index contributed by atoms with van der Waals surface area (Å²) in [6.45, 7) is 4.57. The zero-order valence-electron chi connectivity index (χ0n) is 12.6. The second-order valence-electron chi connectivity index (χ2n) is 6.49. The summed E-state index contributed by atoms with van der Waals surface area (Å²) in [5.41, 5.74) is 0.648. The molecule has 1 aromatic heterocycles. The van der Waals surface area contributed by atoms with Crippen LogP contribution in [0.4, 0.5) is 8.78 Å². The predicted octanol–water partition coefficient (Wildman–Crippen LogP) is 3.05. The first kappa shape index (κ1) is 15.3. The number of halogens is 2. The summed E-state index contributed by atoms with van der Waals surface area (Å²) in [5.74, 6) is -3.67. The molecule has 0 saturated carbocycles. The van der Waals surface area contributed by atoms with Gasteiger partial charge in [-0.3, -0.25) is 4.90 Å². The van der Waals surface area contributed by atoms with Crippen molar-refractivity contribution in [2.45, 2.75) is 45.1 Å². The van der Waals surface area contributed by atoms with Crippen LogP contribution in [0.5, 0.6) is 0 Å². The second kappa shape index (κ2) is 5.57. The Balaban J connectivity index is 1.95. The molecule has 1 saturated heterocycles. The summed E-state index contributed by atoms with van der Waals surface area (Å²) < 4.78 is 27.9. The van der Waals surface area contributed by atoms with Crippen molar-refractivity contribution in [2.24, 2.45) is 5.92 Å². The molecule has 0 radical (unpaired) electrons. The van der Waals surface area contributed by atoms with Crippen molar-refractivity contribution < 1.29 is 18.7 Å². The van der Waals surface area contributed by atoms with Gasteiger partial charge in [0.15, 0.2) is 0 Å². The van der Waals surface area contributed by atoms with Crippen molar-refractivity contribution in [3.05, 3.63) is 28.6 Å². The molecule has 0 spiro atoms. The molecule has 3 rings (SSSR count). The molecule has 2 aliphatic rings. The van der Waals surface area contributed by atoms with Crippen molar-refractivity contribution in [1.29, 1.82) is 0 Å². The van der Waals surface area contributed by atoms with Crippen LogP contribution in [-0.4, -0.2) is 34.0 Å². The zero-order valence-corrected chi connectivity index (χ0v) is 12.6. The maximum absolute atomic E-state index is 13.9. The smallest absolute Gasteiger partial charge is 0.354 e. The molecule has 4 nitrogen and oxygen atoms in total. The Morgan fingerprint density at radius 1 is 1.55 bits per heavy atom. The molecule has 1 aromatic rings. The quantitative estimate of drug-likeness (QED) is 0.932. The number of carboxylic acids is 1. The number of carboxylic acid groups (broad SMARTS) is 1. The molecule has 1 aliphatic carbocycles. The van der Waals surface area contributed by atoms with Crippen molar-refractivity contribution in [2.75, 3.05) is 13.1 Å². The minimum Gasteiger partial charge on any atom is -0.477 e. The largest absolute Gasteiger partial charge is 0.477 e. The fourth-order valence-electron chi connectivity index (χ4n) is 3.53. The number of alkyl halides is 2. The first-order chi connectivity index (χ1) is 10.4. The van der Waals surface area contributed by atoms with Crippen LogP contribution in [0.25, 0.3) is 0 Å². The number of pyridine rings is 1. The molecule has 1 aliphatic heterocycles. The van der Waals surface area contributed by atoms with Gasteiger partial charge in [0.2, 0.25) is 0 Å². The SMILES string of the molecule is C[C@H]1CCCN(Cc2cc(C(=O)O)nc3c2CCC3(F)F)C1. The van der Waals surface area contributed by atoms with E-state index >= 15 is 0 Å². The predicted molar refractivity (Wildman–Crippen MR) is 77.1 cm³/mol. The van der Waals surface area contributed by atoms with Crippen LogP contribution in [0.2, 0.25) is 0 Å². The molecule has 1 N–H and O–H groups in total. The van der Waals surface area contributed by atoms with E-state index in [0.29, 0.717) is 23.6 Å². The van der Waals surface area contributed by atoms with Gasteiger partial charge in [-0.1, -0.05) is 6.92 Å². The molecular weight excluding hydrogens is 290 g/mol. The number of aromatic nitrogens is 1. The molecular formula is C16H20F2N2O2. The lowest BCUT2D eigenvalue weighted by Gasteiger charge is -2.31. The summed E-state index contributed by atoms with van der Waals surface area (Å²) in [7, 11) is 0. The Bertz CT molecular complexity index is 604. The first-order valence-corrected chi connectivity index (χ1v) is 7.73. The normalized spacial score (nSPS) is 24.2. The maximum Gasteiger partial charge on any atom is 0.354 e. The van der Waals surface area contributed by atoms with Gasteiger partial charge in [0.25, 0.3) is 5.92 Å². The Labute approximate surface area is 128 Å². The van der Waals surface area contributed by atoms with E-state index in [1.807, 2.05) is 0 Å². The molecule has 0 bridgehead atoms. The van der Waals surface area contributed by atoms with Gasteiger partial charge in [0.1, 0.15) is 11.4 Å². The molecule has 0 unspecified atom stereocenters. The lowest BCUT2D eigenvalue weighted by molar-refractivity contribution is -0.00610. The number of likely N-dealkylation sites (tertiary alicyclic amines) is 1. The monoisotopic (exact) mass is 310 g/mol. The van der Waals surface area contributed by atoms with Gasteiger partial charge in [-0.05, 0) is 48.9 Å². The minimum absolute atomic E-state index is 0.272. The molecule has 120 valence electrons. The molecule has 2 heterocycles. The van der Waals surface area contributed by atoms with E-state index in [9.17, 15) is 13.6 Å². The number of aromatic carboxylic acids is 1. The third kappa shape index (κ3) is 2.84. The topological polar surface area (TPSA) is 53.4 Å². The lowest BCUT2D eigenvalue weighted by Crippen LogP contribution is -2.34. The van der Waals surface area contributed by atoms with Crippen LogP contribution in [0, 0.1) is 5.92 Å². The Morgan fingerprint density at radius 2 is 2.32 bits per heavy atom. The number of hydrogen-bond acceptors (Lipinski definition) is 3. The van der Waals surface area contributed by atoms with Gasteiger partial charge in [0, 0.05) is 19.5 Å². The highest BCUT2D eigenvalue weighted by Gasteiger charge is 2.42. The molecule has 6 heteroatoms. The van der Waals surface area contributed by atoms with Gasteiger partial charge in [-0.2, -0.15) is 8.78 Å². The van der Waals surface area contributed by atoms with Gasteiger partial charge in [0.05, 0.1) is 0 Å². The van der Waals surface area contributed by atoms with Gasteiger partial charge in [-0.25, -0.2) is 9.78 Å². The summed E-state index contributed by atoms with van der Waals surface area (Å²) >= 11 is 0. The van der Waals surface area contributed by atoms with E-state index in [1.54, 1.807) is 0 Å². The fraction of sp³-hybridized carbons (Fsp3) is 0.625. The average Bonchev–Trinajstić information content (AvgIpc) is 2.75. The van der Waals surface area contributed by atoms with Gasteiger partial charge >= 0.3 is 5.97 Å². The number of carbonyl (C=O) groups is 1. The number of rotatable bonds is 3. The highest BCUT2D eigenvalue weighted by molar-refractivity contribution is 5.85. The maximum atomic E-state index is 13.9. The van der Waals surface area contributed by atoms with Crippen LogP contribution in [0.3, 0.4) is 0 Å². The van der Waals surface area contributed by atoms with E-state index in [2.05, 4.69) is 16.8 Å². The van der Waals surface area contributed by atoms with Crippen LogP contribution >= 0.6 is 0 Å². The van der Waals surface area contributed by atoms with E-state index in [0.717, 1.165) is 19.5 Å². The Kier molecular flexibility index (Phi) is 3.89. The Hall–Kier alpha value is -1.56. The number of fused-ring (bicyclic) bond motifs is 1. The molecule has 22 heavy (non-hydrogen) atoms. The van der Waals surface area contributed by atoms with Crippen LogP contribution in [0.1, 0.15) is 53.5 Å². The zero-order chi connectivity index (χ0) is 15.9. The van der Waals surface area contributed by atoms with E-state index in [4.69, 9.17) is 5.11 Å². The fourth-order valence-corrected chi connectivity index (χ4v) is 3.53. The average molecular weight is 310 g/mol. The van der Waals surface area contributed by atoms with Crippen molar-refractivity contribution in [3.63, 3.8) is 0 Å². The van der Waals surface area contributed by atoms with Crippen molar-refractivity contribution >= 4 is 5.97 Å². The van der Waals surface area contributed by atoms with Crippen molar-refractivity contribution in [3.8, 4) is 0 Å². The standard InChI is InChI=1S/C16H20F2N2O2/c1-10-3-2-6-20(8-10)9-11-7-13(15(21)22)19-14-12(11)4-5-16(14,17)18/h7,10H,2-6,8-9H2,1H3,(H,21,22)/t10-/m0/s1. The van der Waals surface area contributed by atoms with Crippen molar-refractivity contribution in [1.82, 2.24) is 9.88 Å². The number of nitrogens with zero attached hydrogens (tertiary/aromatic N) is 2. The lowest BCUT2D eigenvalue weighted by atomic mass is 9.98. The number of hydrogen-bond donors (Lipinski definition) is 1.